The molecule has 2 N–H and O–H groups in total. The fraction of sp³-hybridized carbons (Fsp3) is 0.231. The molecule has 1 aromatic heterocycles. The predicted molar refractivity (Wildman–Crippen MR) is 69.8 cm³/mol. The maximum Gasteiger partial charge on any atom is 0.165 e. The van der Waals surface area contributed by atoms with Gasteiger partial charge in [-0.3, -0.25) is 0 Å². The normalized spacial score (nSPS) is 10.7. The molecule has 0 aliphatic carbocycles. The molecule has 0 aliphatic heterocycles. The molecule has 5 heteroatoms. The maximum atomic E-state index is 13.4. The summed E-state index contributed by atoms with van der Waals surface area (Å²) in [5.41, 5.74) is 6.49. The molecule has 1 heterocycles. The summed E-state index contributed by atoms with van der Waals surface area (Å²) in [6.07, 6.45) is 0. The first kappa shape index (κ1) is 13.1. The summed E-state index contributed by atoms with van der Waals surface area (Å²) in [6.45, 7) is 2.43. The first-order chi connectivity index (χ1) is 8.60. The van der Waals surface area contributed by atoms with Crippen LogP contribution >= 0.6 is 15.9 Å². The van der Waals surface area contributed by atoms with Crippen molar-refractivity contribution in [1.82, 2.24) is 0 Å². The van der Waals surface area contributed by atoms with E-state index in [9.17, 15) is 4.39 Å². The third kappa shape index (κ3) is 2.91. The van der Waals surface area contributed by atoms with Crippen LogP contribution < -0.4 is 10.5 Å². The second-order valence-corrected chi connectivity index (χ2v) is 4.80. The molecule has 18 heavy (non-hydrogen) atoms. The van der Waals surface area contributed by atoms with Gasteiger partial charge in [-0.1, -0.05) is 15.9 Å². The molecule has 0 aliphatic rings. The first-order valence-corrected chi connectivity index (χ1v) is 6.25. The molecule has 0 saturated heterocycles. The SMILES string of the molecule is Cc1cc(COc2cc(Br)ccc2F)oc1CN. The zero-order valence-corrected chi connectivity index (χ0v) is 11.5. The van der Waals surface area contributed by atoms with E-state index in [4.69, 9.17) is 14.9 Å². The summed E-state index contributed by atoms with van der Waals surface area (Å²) in [7, 11) is 0. The third-order valence-electron chi connectivity index (χ3n) is 2.52. The molecule has 1 aromatic carbocycles. The lowest BCUT2D eigenvalue weighted by atomic mass is 10.2. The van der Waals surface area contributed by atoms with Crippen LogP contribution in [0.1, 0.15) is 17.1 Å². The van der Waals surface area contributed by atoms with E-state index in [2.05, 4.69) is 15.9 Å². The standard InChI is InChI=1S/C13H13BrFNO2/c1-8-4-10(18-13(8)6-16)7-17-12-5-9(14)2-3-11(12)15/h2-5H,6-7,16H2,1H3. The quantitative estimate of drug-likeness (QED) is 0.939. The van der Waals surface area contributed by atoms with Gasteiger partial charge in [0, 0.05) is 4.47 Å². The van der Waals surface area contributed by atoms with E-state index in [1.54, 1.807) is 12.1 Å². The van der Waals surface area contributed by atoms with E-state index in [1.165, 1.54) is 6.07 Å². The Morgan fingerprint density at radius 2 is 2.17 bits per heavy atom. The molecular weight excluding hydrogens is 301 g/mol. The number of hydrogen-bond acceptors (Lipinski definition) is 3. The zero-order valence-electron chi connectivity index (χ0n) is 9.87. The molecule has 0 saturated carbocycles. The van der Waals surface area contributed by atoms with Gasteiger partial charge in [0.15, 0.2) is 11.6 Å². The third-order valence-corrected chi connectivity index (χ3v) is 3.01. The van der Waals surface area contributed by atoms with Gasteiger partial charge in [0.2, 0.25) is 0 Å². The number of aryl methyl sites for hydroxylation is 1. The Bertz CT molecular complexity index is 554. The Labute approximate surface area is 113 Å². The fourth-order valence-corrected chi connectivity index (χ4v) is 1.94. The van der Waals surface area contributed by atoms with Gasteiger partial charge in [0.25, 0.3) is 0 Å². The second-order valence-electron chi connectivity index (χ2n) is 3.89. The minimum absolute atomic E-state index is 0.175. The first-order valence-electron chi connectivity index (χ1n) is 5.46. The average molecular weight is 314 g/mol. The van der Waals surface area contributed by atoms with E-state index in [-0.39, 0.29) is 12.4 Å². The van der Waals surface area contributed by atoms with E-state index in [0.717, 1.165) is 15.8 Å². The molecule has 0 spiro atoms. The number of furan rings is 1. The van der Waals surface area contributed by atoms with Crippen molar-refractivity contribution in [2.45, 2.75) is 20.1 Å². The molecule has 0 radical (unpaired) electrons. The molecule has 0 unspecified atom stereocenters. The number of benzene rings is 1. The molecule has 0 bridgehead atoms. The Hall–Kier alpha value is -1.33. The predicted octanol–water partition coefficient (Wildman–Crippen LogP) is 3.53. The molecular formula is C13H13BrFNO2. The second kappa shape index (κ2) is 5.54. The Morgan fingerprint density at radius 3 is 2.83 bits per heavy atom. The van der Waals surface area contributed by atoms with Crippen molar-refractivity contribution in [2.24, 2.45) is 5.73 Å². The van der Waals surface area contributed by atoms with Crippen LogP contribution in [0.5, 0.6) is 5.75 Å². The van der Waals surface area contributed by atoms with Gasteiger partial charge in [0.1, 0.15) is 18.1 Å². The van der Waals surface area contributed by atoms with Gasteiger partial charge in [-0.05, 0) is 36.8 Å². The van der Waals surface area contributed by atoms with E-state index in [0.29, 0.717) is 12.3 Å². The van der Waals surface area contributed by atoms with Crippen LogP contribution in [0.25, 0.3) is 0 Å². The summed E-state index contributed by atoms with van der Waals surface area (Å²) in [5.74, 6) is 1.14. The highest BCUT2D eigenvalue weighted by atomic mass is 79.9. The molecule has 2 rings (SSSR count). The smallest absolute Gasteiger partial charge is 0.165 e. The summed E-state index contributed by atoms with van der Waals surface area (Å²) < 4.78 is 25.0. The van der Waals surface area contributed by atoms with Crippen LogP contribution in [0.3, 0.4) is 0 Å². The summed E-state index contributed by atoms with van der Waals surface area (Å²) in [5, 5.41) is 0. The van der Waals surface area contributed by atoms with Crippen molar-refractivity contribution < 1.29 is 13.5 Å². The van der Waals surface area contributed by atoms with Crippen LogP contribution in [-0.2, 0) is 13.2 Å². The van der Waals surface area contributed by atoms with Crippen molar-refractivity contribution in [1.29, 1.82) is 0 Å². The minimum atomic E-state index is -0.402. The Balaban J connectivity index is 2.08. The highest BCUT2D eigenvalue weighted by Gasteiger charge is 2.09. The van der Waals surface area contributed by atoms with Gasteiger partial charge in [-0.25, -0.2) is 4.39 Å². The van der Waals surface area contributed by atoms with Gasteiger partial charge >= 0.3 is 0 Å². The topological polar surface area (TPSA) is 48.4 Å². The van der Waals surface area contributed by atoms with Crippen LogP contribution in [-0.4, -0.2) is 0 Å². The van der Waals surface area contributed by atoms with Gasteiger partial charge < -0.3 is 14.9 Å². The van der Waals surface area contributed by atoms with Crippen LogP contribution in [0.4, 0.5) is 4.39 Å². The zero-order chi connectivity index (χ0) is 13.1. The monoisotopic (exact) mass is 313 g/mol. The fourth-order valence-electron chi connectivity index (χ4n) is 1.60. The van der Waals surface area contributed by atoms with E-state index >= 15 is 0 Å². The molecule has 0 atom stereocenters. The molecule has 0 fully saturated rings. The molecule has 3 nitrogen and oxygen atoms in total. The average Bonchev–Trinajstić information content (AvgIpc) is 2.71. The number of halogens is 2. The largest absolute Gasteiger partial charge is 0.483 e. The van der Waals surface area contributed by atoms with E-state index < -0.39 is 5.82 Å². The highest BCUT2D eigenvalue weighted by molar-refractivity contribution is 9.10. The minimum Gasteiger partial charge on any atom is -0.483 e. The van der Waals surface area contributed by atoms with Gasteiger partial charge in [-0.15, -0.1) is 0 Å². The number of rotatable bonds is 4. The lowest BCUT2D eigenvalue weighted by molar-refractivity contribution is 0.255. The molecule has 96 valence electrons. The number of ether oxygens (including phenoxy) is 1. The number of hydrogen-bond donors (Lipinski definition) is 1. The summed E-state index contributed by atoms with van der Waals surface area (Å²) >= 11 is 3.26. The van der Waals surface area contributed by atoms with Gasteiger partial charge in [0.05, 0.1) is 6.54 Å². The van der Waals surface area contributed by atoms with Crippen LogP contribution in [0, 0.1) is 12.7 Å². The van der Waals surface area contributed by atoms with Crippen LogP contribution in [0.2, 0.25) is 0 Å². The lowest BCUT2D eigenvalue weighted by Crippen LogP contribution is -1.97. The van der Waals surface area contributed by atoms with E-state index in [1.807, 2.05) is 13.0 Å². The van der Waals surface area contributed by atoms with Crippen molar-refractivity contribution in [3.05, 3.63) is 51.6 Å². The summed E-state index contributed by atoms with van der Waals surface area (Å²) in [4.78, 5) is 0. The molecule has 2 aromatic rings. The van der Waals surface area contributed by atoms with Crippen molar-refractivity contribution in [3.63, 3.8) is 0 Å². The van der Waals surface area contributed by atoms with Crippen LogP contribution in [0.15, 0.2) is 33.2 Å². The number of nitrogens with two attached hydrogens (primary N) is 1. The summed E-state index contributed by atoms with van der Waals surface area (Å²) in [6, 6.07) is 6.39. The van der Waals surface area contributed by atoms with Crippen molar-refractivity contribution >= 4 is 15.9 Å². The van der Waals surface area contributed by atoms with Gasteiger partial charge in [-0.2, -0.15) is 0 Å². The molecule has 0 amide bonds. The Kier molecular flexibility index (Phi) is 4.04. The van der Waals surface area contributed by atoms with Crippen molar-refractivity contribution in [2.75, 3.05) is 0 Å². The van der Waals surface area contributed by atoms with Crippen molar-refractivity contribution in [3.8, 4) is 5.75 Å². The lowest BCUT2D eigenvalue weighted by Gasteiger charge is -2.05. The Morgan fingerprint density at radius 1 is 1.39 bits per heavy atom. The highest BCUT2D eigenvalue weighted by Crippen LogP contribution is 2.24. The maximum absolute atomic E-state index is 13.4.